The number of carbonyl (C=O) groups is 1. The summed E-state index contributed by atoms with van der Waals surface area (Å²) in [6.07, 6.45) is -1.23. The molecule has 1 saturated heterocycles. The van der Waals surface area contributed by atoms with Crippen LogP contribution in [0.4, 0.5) is 14.5 Å². The van der Waals surface area contributed by atoms with Gasteiger partial charge in [-0.1, -0.05) is 41.9 Å². The predicted molar refractivity (Wildman–Crippen MR) is 86.7 cm³/mol. The van der Waals surface area contributed by atoms with Crippen LogP contribution in [0.15, 0.2) is 42.5 Å². The monoisotopic (exact) mass is 336 g/mol. The molecule has 1 aliphatic heterocycles. The second kappa shape index (κ2) is 6.16. The molecule has 0 aromatic heterocycles. The number of rotatable bonds is 3. The number of nitrogens with zero attached hydrogens (tertiary/aromatic N) is 1. The molecule has 23 heavy (non-hydrogen) atoms. The fraction of sp³-hybridized carbons (Fsp3) is 0.235. The molecular formula is C17H15ClF2N2O. The number of nitrogens with two attached hydrogens (primary N) is 1. The first-order chi connectivity index (χ1) is 11.0. The average Bonchev–Trinajstić information content (AvgIpc) is 2.90. The number of alkyl halides is 1. The Balaban J connectivity index is 2.07. The Morgan fingerprint density at radius 1 is 1.17 bits per heavy atom. The van der Waals surface area contributed by atoms with Gasteiger partial charge in [-0.25, -0.2) is 8.78 Å². The van der Waals surface area contributed by atoms with Gasteiger partial charge in [0.1, 0.15) is 12.2 Å². The summed E-state index contributed by atoms with van der Waals surface area (Å²) in [4.78, 5) is 12.9. The van der Waals surface area contributed by atoms with Gasteiger partial charge in [0.05, 0.1) is 12.2 Å². The Labute approximate surface area is 137 Å². The van der Waals surface area contributed by atoms with Gasteiger partial charge in [0.2, 0.25) is 5.91 Å². The van der Waals surface area contributed by atoms with E-state index in [1.54, 1.807) is 36.4 Å². The van der Waals surface area contributed by atoms with Crippen LogP contribution in [0.3, 0.4) is 0 Å². The van der Waals surface area contributed by atoms with Gasteiger partial charge in [-0.05, 0) is 12.1 Å². The van der Waals surface area contributed by atoms with Crippen molar-refractivity contribution < 1.29 is 13.6 Å². The minimum Gasteiger partial charge on any atom is -0.368 e. The number of hydrogen-bond acceptors (Lipinski definition) is 2. The first-order valence-electron chi connectivity index (χ1n) is 7.22. The molecule has 0 bridgehead atoms. The van der Waals surface area contributed by atoms with E-state index in [1.807, 2.05) is 0 Å². The Kier molecular flexibility index (Phi) is 4.22. The van der Waals surface area contributed by atoms with Crippen LogP contribution in [0.5, 0.6) is 0 Å². The quantitative estimate of drug-likeness (QED) is 0.931. The molecule has 1 fully saturated rings. The van der Waals surface area contributed by atoms with E-state index in [-0.39, 0.29) is 18.7 Å². The lowest BCUT2D eigenvalue weighted by Gasteiger charge is -2.25. The summed E-state index contributed by atoms with van der Waals surface area (Å²) in [5, 5.41) is 0.416. The van der Waals surface area contributed by atoms with Gasteiger partial charge in [-0.3, -0.25) is 4.79 Å². The topological polar surface area (TPSA) is 46.3 Å². The summed E-state index contributed by atoms with van der Waals surface area (Å²) in [6, 6.07) is 10.8. The molecule has 0 aliphatic carbocycles. The van der Waals surface area contributed by atoms with E-state index >= 15 is 0 Å². The molecule has 3 nitrogen and oxygen atoms in total. The molecule has 0 saturated carbocycles. The summed E-state index contributed by atoms with van der Waals surface area (Å²) in [5.74, 6) is -1.20. The van der Waals surface area contributed by atoms with Crippen LogP contribution in [0, 0.1) is 5.82 Å². The van der Waals surface area contributed by atoms with Gasteiger partial charge in [-0.15, -0.1) is 0 Å². The molecule has 2 aromatic carbocycles. The highest BCUT2D eigenvalue weighted by atomic mass is 35.5. The van der Waals surface area contributed by atoms with Crippen molar-refractivity contribution >= 4 is 23.2 Å². The van der Waals surface area contributed by atoms with Crippen molar-refractivity contribution in [1.82, 2.24) is 0 Å². The zero-order valence-electron chi connectivity index (χ0n) is 12.2. The van der Waals surface area contributed by atoms with Gasteiger partial charge >= 0.3 is 0 Å². The van der Waals surface area contributed by atoms with Crippen molar-refractivity contribution in [3.63, 3.8) is 0 Å². The maximum Gasteiger partial charge on any atom is 0.240 e. The van der Waals surface area contributed by atoms with Gasteiger partial charge in [-0.2, -0.15) is 0 Å². The molecule has 6 heteroatoms. The van der Waals surface area contributed by atoms with Crippen LogP contribution in [0.25, 0.3) is 11.1 Å². The highest BCUT2D eigenvalue weighted by Crippen LogP contribution is 2.36. The normalized spacial score (nSPS) is 20.7. The van der Waals surface area contributed by atoms with Crippen LogP contribution in [-0.4, -0.2) is 24.7 Å². The van der Waals surface area contributed by atoms with Crippen molar-refractivity contribution in [1.29, 1.82) is 0 Å². The number of primary amides is 1. The second-order valence-corrected chi connectivity index (χ2v) is 5.93. The van der Waals surface area contributed by atoms with Crippen LogP contribution in [0.2, 0.25) is 5.02 Å². The molecule has 2 atom stereocenters. The molecule has 0 spiro atoms. The summed E-state index contributed by atoms with van der Waals surface area (Å²) in [6.45, 7) is -0.0590. The maximum absolute atomic E-state index is 15.0. The molecule has 1 aliphatic rings. The zero-order valence-corrected chi connectivity index (χ0v) is 12.9. The molecule has 2 unspecified atom stereocenters. The Bertz CT molecular complexity index is 753. The summed E-state index contributed by atoms with van der Waals surface area (Å²) < 4.78 is 28.7. The average molecular weight is 337 g/mol. The van der Waals surface area contributed by atoms with Gasteiger partial charge < -0.3 is 10.6 Å². The number of hydrogen-bond donors (Lipinski definition) is 1. The zero-order chi connectivity index (χ0) is 16.6. The molecule has 2 aromatic rings. The largest absolute Gasteiger partial charge is 0.368 e. The van der Waals surface area contributed by atoms with E-state index in [0.29, 0.717) is 16.1 Å². The summed E-state index contributed by atoms with van der Waals surface area (Å²) in [7, 11) is 0. The van der Waals surface area contributed by atoms with Crippen LogP contribution >= 0.6 is 11.6 Å². The lowest BCUT2D eigenvalue weighted by Crippen LogP contribution is -2.40. The SMILES string of the molecule is NC(=O)C1CC(F)CN1c1cccc(-c2ccccc2Cl)c1F. The van der Waals surface area contributed by atoms with E-state index < -0.39 is 23.9 Å². The molecule has 3 rings (SSSR count). The minimum absolute atomic E-state index is 0.0227. The third-order valence-electron chi connectivity index (χ3n) is 4.03. The van der Waals surface area contributed by atoms with Crippen LogP contribution in [0.1, 0.15) is 6.42 Å². The first-order valence-corrected chi connectivity index (χ1v) is 7.60. The predicted octanol–water partition coefficient (Wildman–Crippen LogP) is 3.55. The number of anilines is 1. The lowest BCUT2D eigenvalue weighted by molar-refractivity contribution is -0.119. The van der Waals surface area contributed by atoms with Crippen LogP contribution in [-0.2, 0) is 4.79 Å². The first kappa shape index (κ1) is 15.7. The number of carbonyl (C=O) groups excluding carboxylic acids is 1. The highest BCUT2D eigenvalue weighted by Gasteiger charge is 2.37. The third kappa shape index (κ3) is 2.88. The Hall–Kier alpha value is -2.14. The van der Waals surface area contributed by atoms with E-state index in [9.17, 15) is 13.6 Å². The van der Waals surface area contributed by atoms with Gasteiger partial charge in [0, 0.05) is 22.6 Å². The number of amides is 1. The van der Waals surface area contributed by atoms with E-state index in [4.69, 9.17) is 17.3 Å². The highest BCUT2D eigenvalue weighted by molar-refractivity contribution is 6.33. The van der Waals surface area contributed by atoms with Crippen LogP contribution < -0.4 is 10.6 Å². The van der Waals surface area contributed by atoms with Gasteiger partial charge in [0.25, 0.3) is 0 Å². The minimum atomic E-state index is -1.21. The Morgan fingerprint density at radius 3 is 2.57 bits per heavy atom. The second-order valence-electron chi connectivity index (χ2n) is 5.52. The molecule has 2 N–H and O–H groups in total. The fourth-order valence-electron chi connectivity index (χ4n) is 2.95. The molecule has 120 valence electrons. The summed E-state index contributed by atoms with van der Waals surface area (Å²) in [5.41, 5.74) is 6.32. The van der Waals surface area contributed by atoms with Crippen molar-refractivity contribution in [2.75, 3.05) is 11.4 Å². The smallest absolute Gasteiger partial charge is 0.240 e. The molecule has 0 radical (unpaired) electrons. The van der Waals surface area contributed by atoms with Crippen molar-refractivity contribution in [3.05, 3.63) is 53.3 Å². The van der Waals surface area contributed by atoms with Crippen molar-refractivity contribution in [2.45, 2.75) is 18.6 Å². The standard InChI is InChI=1S/C17H15ClF2N2O/c18-13-6-2-1-4-11(13)12-5-3-7-14(16(12)20)22-9-10(19)8-15(22)17(21)23/h1-7,10,15H,8-9H2,(H2,21,23). The number of halogens is 3. The van der Waals surface area contributed by atoms with E-state index in [1.165, 1.54) is 11.0 Å². The van der Waals surface area contributed by atoms with Crippen molar-refractivity contribution in [3.8, 4) is 11.1 Å². The lowest BCUT2D eigenvalue weighted by atomic mass is 10.0. The van der Waals surface area contributed by atoms with E-state index in [2.05, 4.69) is 0 Å². The van der Waals surface area contributed by atoms with Gasteiger partial charge in [0.15, 0.2) is 5.82 Å². The maximum atomic E-state index is 15.0. The van der Waals surface area contributed by atoms with E-state index in [0.717, 1.165) is 0 Å². The van der Waals surface area contributed by atoms with Crippen molar-refractivity contribution in [2.24, 2.45) is 5.73 Å². The summed E-state index contributed by atoms with van der Waals surface area (Å²) >= 11 is 6.13. The fourth-order valence-corrected chi connectivity index (χ4v) is 3.19. The third-order valence-corrected chi connectivity index (χ3v) is 4.36. The molecule has 1 amide bonds. The Morgan fingerprint density at radius 2 is 1.87 bits per heavy atom. The molecular weight excluding hydrogens is 322 g/mol. The molecule has 1 heterocycles. The number of benzene rings is 2.